The lowest BCUT2D eigenvalue weighted by Crippen LogP contribution is -2.48. The van der Waals surface area contributed by atoms with Gasteiger partial charge in [0.05, 0.1) is 0 Å². The first-order valence-electron chi connectivity index (χ1n) is 9.64. The standard InChI is InChI=1S/C24H24BrNO2/c25-21-13-14-22(27)18(16-21)17-26-15-7-12-23(26)24(28,19-8-3-1-4-9-19)20-10-5-2-6-11-20/h1-6,8-11,13-14,16,23,27-28H,7,12,15,17H2/t23-/m0/s1. The first-order chi connectivity index (χ1) is 13.6. The van der Waals surface area contributed by atoms with Crippen LogP contribution < -0.4 is 0 Å². The summed E-state index contributed by atoms with van der Waals surface area (Å²) >= 11 is 3.49. The van der Waals surface area contributed by atoms with Crippen LogP contribution in [0.5, 0.6) is 5.75 Å². The Hall–Kier alpha value is -2.14. The van der Waals surface area contributed by atoms with Crippen molar-refractivity contribution in [2.75, 3.05) is 6.54 Å². The number of phenolic OH excluding ortho intramolecular Hbond substituents is 1. The highest BCUT2D eigenvalue weighted by Gasteiger charge is 2.45. The molecule has 28 heavy (non-hydrogen) atoms. The molecule has 3 aromatic carbocycles. The molecular weight excluding hydrogens is 414 g/mol. The molecule has 2 N–H and O–H groups in total. The Labute approximate surface area is 174 Å². The summed E-state index contributed by atoms with van der Waals surface area (Å²) in [5.41, 5.74) is 1.55. The minimum Gasteiger partial charge on any atom is -0.508 e. The molecule has 3 aromatic rings. The highest BCUT2D eigenvalue weighted by Crippen LogP contribution is 2.41. The summed E-state index contributed by atoms with van der Waals surface area (Å²) in [7, 11) is 0. The summed E-state index contributed by atoms with van der Waals surface area (Å²) < 4.78 is 0.942. The molecule has 0 aliphatic carbocycles. The molecular formula is C24H24BrNO2. The number of likely N-dealkylation sites (tertiary alicyclic amines) is 1. The van der Waals surface area contributed by atoms with Crippen molar-refractivity contribution in [3.8, 4) is 5.75 Å². The van der Waals surface area contributed by atoms with E-state index in [1.165, 1.54) is 0 Å². The van der Waals surface area contributed by atoms with E-state index in [2.05, 4.69) is 20.8 Å². The zero-order valence-electron chi connectivity index (χ0n) is 15.6. The van der Waals surface area contributed by atoms with Gasteiger partial charge in [-0.1, -0.05) is 76.6 Å². The quantitative estimate of drug-likeness (QED) is 0.586. The summed E-state index contributed by atoms with van der Waals surface area (Å²) in [5.74, 6) is 0.289. The molecule has 1 aliphatic heterocycles. The maximum Gasteiger partial charge on any atom is 0.130 e. The van der Waals surface area contributed by atoms with Crippen molar-refractivity contribution < 1.29 is 10.2 Å². The van der Waals surface area contributed by atoms with Gasteiger partial charge >= 0.3 is 0 Å². The molecule has 0 aromatic heterocycles. The largest absolute Gasteiger partial charge is 0.508 e. The van der Waals surface area contributed by atoms with Crippen molar-refractivity contribution >= 4 is 15.9 Å². The number of phenols is 1. The maximum atomic E-state index is 12.1. The molecule has 0 radical (unpaired) electrons. The van der Waals surface area contributed by atoms with Crippen molar-refractivity contribution in [3.05, 3.63) is 100 Å². The van der Waals surface area contributed by atoms with E-state index in [0.29, 0.717) is 6.54 Å². The second-order valence-electron chi connectivity index (χ2n) is 7.40. The van der Waals surface area contributed by atoms with Gasteiger partial charge in [0.1, 0.15) is 11.4 Å². The van der Waals surface area contributed by atoms with E-state index in [-0.39, 0.29) is 11.8 Å². The molecule has 0 amide bonds. The lowest BCUT2D eigenvalue weighted by Gasteiger charge is -2.40. The minimum atomic E-state index is -1.11. The highest BCUT2D eigenvalue weighted by atomic mass is 79.9. The van der Waals surface area contributed by atoms with Crippen LogP contribution in [-0.2, 0) is 12.1 Å². The Morgan fingerprint density at radius 1 is 0.929 bits per heavy atom. The van der Waals surface area contributed by atoms with Gasteiger partial charge in [-0.3, -0.25) is 4.90 Å². The van der Waals surface area contributed by atoms with E-state index in [4.69, 9.17) is 0 Å². The predicted molar refractivity (Wildman–Crippen MR) is 115 cm³/mol. The van der Waals surface area contributed by atoms with E-state index in [1.54, 1.807) is 6.07 Å². The SMILES string of the molecule is Oc1ccc(Br)cc1CN1CCC[C@H]1C(O)(c1ccccc1)c1ccccc1. The Kier molecular flexibility index (Phi) is 5.54. The van der Waals surface area contributed by atoms with Crippen LogP contribution in [0, 0.1) is 0 Å². The highest BCUT2D eigenvalue weighted by molar-refractivity contribution is 9.10. The summed E-state index contributed by atoms with van der Waals surface area (Å²) in [5, 5.41) is 22.4. The van der Waals surface area contributed by atoms with Gasteiger partial charge in [-0.05, 0) is 48.7 Å². The van der Waals surface area contributed by atoms with Crippen LogP contribution in [0.25, 0.3) is 0 Å². The Bertz CT molecular complexity index is 890. The molecule has 1 aliphatic rings. The Balaban J connectivity index is 1.74. The van der Waals surface area contributed by atoms with Crippen LogP contribution in [0.4, 0.5) is 0 Å². The topological polar surface area (TPSA) is 43.7 Å². The maximum absolute atomic E-state index is 12.1. The molecule has 1 fully saturated rings. The van der Waals surface area contributed by atoms with Crippen molar-refractivity contribution in [2.24, 2.45) is 0 Å². The van der Waals surface area contributed by atoms with Crippen LogP contribution in [-0.4, -0.2) is 27.7 Å². The van der Waals surface area contributed by atoms with E-state index in [9.17, 15) is 10.2 Å². The van der Waals surface area contributed by atoms with E-state index in [1.807, 2.05) is 72.8 Å². The molecule has 144 valence electrons. The summed E-state index contributed by atoms with van der Waals surface area (Å²) in [6.45, 7) is 1.48. The van der Waals surface area contributed by atoms with Crippen LogP contribution in [0.1, 0.15) is 29.5 Å². The van der Waals surface area contributed by atoms with Crippen molar-refractivity contribution in [2.45, 2.75) is 31.0 Å². The fraction of sp³-hybridized carbons (Fsp3) is 0.250. The molecule has 0 bridgehead atoms. The summed E-state index contributed by atoms with van der Waals surface area (Å²) in [6, 6.07) is 25.3. The normalized spacial score (nSPS) is 17.7. The summed E-state index contributed by atoms with van der Waals surface area (Å²) in [4.78, 5) is 2.29. The third-order valence-electron chi connectivity index (χ3n) is 5.69. The average molecular weight is 438 g/mol. The van der Waals surface area contributed by atoms with E-state index in [0.717, 1.165) is 40.5 Å². The molecule has 4 heteroatoms. The van der Waals surface area contributed by atoms with Gasteiger partial charge in [0, 0.05) is 22.6 Å². The zero-order valence-corrected chi connectivity index (χ0v) is 17.2. The van der Waals surface area contributed by atoms with Gasteiger partial charge < -0.3 is 10.2 Å². The fourth-order valence-electron chi connectivity index (χ4n) is 4.32. The number of aromatic hydroxyl groups is 1. The molecule has 1 saturated heterocycles. The van der Waals surface area contributed by atoms with Gasteiger partial charge in [-0.15, -0.1) is 0 Å². The minimum absolute atomic E-state index is 0.0734. The summed E-state index contributed by atoms with van der Waals surface area (Å²) in [6.07, 6.45) is 1.91. The molecule has 0 spiro atoms. The van der Waals surface area contributed by atoms with Gasteiger partial charge in [-0.2, -0.15) is 0 Å². The number of benzene rings is 3. The number of nitrogens with zero attached hydrogens (tertiary/aromatic N) is 1. The molecule has 0 unspecified atom stereocenters. The average Bonchev–Trinajstić information content (AvgIpc) is 3.20. The predicted octanol–water partition coefficient (Wildman–Crippen LogP) is 5.06. The van der Waals surface area contributed by atoms with Crippen LogP contribution >= 0.6 is 15.9 Å². The lowest BCUT2D eigenvalue weighted by atomic mass is 9.79. The van der Waals surface area contributed by atoms with Crippen molar-refractivity contribution in [3.63, 3.8) is 0 Å². The number of rotatable bonds is 5. The van der Waals surface area contributed by atoms with Crippen LogP contribution in [0.15, 0.2) is 83.3 Å². The Morgan fingerprint density at radius 3 is 2.14 bits per heavy atom. The van der Waals surface area contributed by atoms with Gasteiger partial charge in [0.2, 0.25) is 0 Å². The fourth-order valence-corrected chi connectivity index (χ4v) is 4.73. The molecule has 1 atom stereocenters. The van der Waals surface area contributed by atoms with Gasteiger partial charge in [0.25, 0.3) is 0 Å². The first kappa shape index (κ1) is 19.2. The lowest BCUT2D eigenvalue weighted by molar-refractivity contribution is -0.00672. The van der Waals surface area contributed by atoms with Crippen molar-refractivity contribution in [1.82, 2.24) is 4.90 Å². The second kappa shape index (κ2) is 8.08. The Morgan fingerprint density at radius 2 is 1.54 bits per heavy atom. The first-order valence-corrected chi connectivity index (χ1v) is 10.4. The number of hydrogen-bond donors (Lipinski definition) is 2. The zero-order chi connectivity index (χ0) is 19.6. The smallest absolute Gasteiger partial charge is 0.130 e. The number of hydrogen-bond acceptors (Lipinski definition) is 3. The molecule has 4 rings (SSSR count). The third kappa shape index (κ3) is 3.60. The molecule has 3 nitrogen and oxygen atoms in total. The number of aliphatic hydroxyl groups is 1. The number of halogens is 1. The molecule has 0 saturated carbocycles. The van der Waals surface area contributed by atoms with E-state index < -0.39 is 5.60 Å². The molecule has 1 heterocycles. The third-order valence-corrected chi connectivity index (χ3v) is 6.18. The van der Waals surface area contributed by atoms with Crippen molar-refractivity contribution in [1.29, 1.82) is 0 Å². The van der Waals surface area contributed by atoms with Gasteiger partial charge in [0.15, 0.2) is 0 Å². The van der Waals surface area contributed by atoms with Crippen LogP contribution in [0.3, 0.4) is 0 Å². The van der Waals surface area contributed by atoms with E-state index >= 15 is 0 Å². The van der Waals surface area contributed by atoms with Gasteiger partial charge in [-0.25, -0.2) is 0 Å². The van der Waals surface area contributed by atoms with Crippen LogP contribution in [0.2, 0.25) is 0 Å². The second-order valence-corrected chi connectivity index (χ2v) is 8.32. The monoisotopic (exact) mass is 437 g/mol.